The SMILES string of the molecule is COc1ccc(CCC(=O)N(Cc2ccccc2)Cc2ccco2)cc1OC. The van der Waals surface area contributed by atoms with Crippen molar-refractivity contribution in [2.75, 3.05) is 14.2 Å². The van der Waals surface area contributed by atoms with Crippen LogP contribution in [0.5, 0.6) is 11.5 Å². The lowest BCUT2D eigenvalue weighted by Crippen LogP contribution is -2.30. The summed E-state index contributed by atoms with van der Waals surface area (Å²) < 4.78 is 16.1. The molecule has 1 amide bonds. The Labute approximate surface area is 165 Å². The Bertz CT molecular complexity index is 875. The summed E-state index contributed by atoms with van der Waals surface area (Å²) in [5.74, 6) is 2.20. The number of methoxy groups -OCH3 is 2. The van der Waals surface area contributed by atoms with Crippen LogP contribution in [0.25, 0.3) is 0 Å². The van der Waals surface area contributed by atoms with Gasteiger partial charge >= 0.3 is 0 Å². The summed E-state index contributed by atoms with van der Waals surface area (Å²) in [5.41, 5.74) is 2.12. The van der Waals surface area contributed by atoms with Gasteiger partial charge in [0, 0.05) is 13.0 Å². The summed E-state index contributed by atoms with van der Waals surface area (Å²) >= 11 is 0. The summed E-state index contributed by atoms with van der Waals surface area (Å²) in [5, 5.41) is 0. The standard InChI is InChI=1S/C23H25NO4/c1-26-21-12-10-18(15-22(21)27-2)11-13-23(25)24(17-20-9-6-14-28-20)16-19-7-4-3-5-8-19/h3-10,12,14-15H,11,13,16-17H2,1-2H3. The minimum atomic E-state index is 0.0787. The van der Waals surface area contributed by atoms with Crippen LogP contribution in [0.2, 0.25) is 0 Å². The molecule has 3 rings (SSSR count). The Hall–Kier alpha value is -3.21. The molecule has 146 valence electrons. The molecule has 0 radical (unpaired) electrons. The fourth-order valence-corrected chi connectivity index (χ4v) is 3.07. The van der Waals surface area contributed by atoms with Crippen molar-refractivity contribution in [2.45, 2.75) is 25.9 Å². The number of rotatable bonds is 9. The van der Waals surface area contributed by atoms with Crippen molar-refractivity contribution in [1.82, 2.24) is 4.90 Å². The van der Waals surface area contributed by atoms with Gasteiger partial charge in [-0.05, 0) is 41.8 Å². The first-order valence-corrected chi connectivity index (χ1v) is 9.24. The Morgan fingerprint density at radius 2 is 1.68 bits per heavy atom. The molecule has 0 fully saturated rings. The molecule has 0 atom stereocenters. The van der Waals surface area contributed by atoms with Crippen molar-refractivity contribution in [2.24, 2.45) is 0 Å². The highest BCUT2D eigenvalue weighted by molar-refractivity contribution is 5.76. The molecule has 28 heavy (non-hydrogen) atoms. The van der Waals surface area contributed by atoms with Gasteiger partial charge in [0.2, 0.25) is 5.91 Å². The molecule has 0 aliphatic rings. The lowest BCUT2D eigenvalue weighted by molar-refractivity contribution is -0.132. The highest BCUT2D eigenvalue weighted by atomic mass is 16.5. The molecule has 1 heterocycles. The third-order valence-electron chi connectivity index (χ3n) is 4.57. The van der Waals surface area contributed by atoms with Crippen LogP contribution in [-0.2, 0) is 24.3 Å². The van der Waals surface area contributed by atoms with E-state index in [-0.39, 0.29) is 5.91 Å². The smallest absolute Gasteiger partial charge is 0.223 e. The van der Waals surface area contributed by atoms with Gasteiger partial charge in [-0.25, -0.2) is 0 Å². The minimum absolute atomic E-state index is 0.0787. The number of furan rings is 1. The Kier molecular flexibility index (Phi) is 6.73. The topological polar surface area (TPSA) is 51.9 Å². The van der Waals surface area contributed by atoms with Crippen molar-refractivity contribution < 1.29 is 18.7 Å². The first kappa shape index (κ1) is 19.5. The third kappa shape index (κ3) is 5.16. The average Bonchev–Trinajstić information content (AvgIpc) is 3.25. The Morgan fingerprint density at radius 3 is 2.36 bits per heavy atom. The average molecular weight is 379 g/mol. The summed E-state index contributed by atoms with van der Waals surface area (Å²) in [6.45, 7) is 0.999. The summed E-state index contributed by atoms with van der Waals surface area (Å²) in [7, 11) is 3.22. The summed E-state index contributed by atoms with van der Waals surface area (Å²) in [6.07, 6.45) is 2.66. The molecule has 1 aromatic heterocycles. The number of ether oxygens (including phenoxy) is 2. The molecule has 0 aliphatic carbocycles. The van der Waals surface area contributed by atoms with E-state index in [2.05, 4.69) is 0 Å². The van der Waals surface area contributed by atoms with Gasteiger partial charge in [-0.15, -0.1) is 0 Å². The van der Waals surface area contributed by atoms with Crippen LogP contribution in [-0.4, -0.2) is 25.0 Å². The lowest BCUT2D eigenvalue weighted by atomic mass is 10.1. The number of hydrogen-bond donors (Lipinski definition) is 0. The quantitative estimate of drug-likeness (QED) is 0.551. The highest BCUT2D eigenvalue weighted by Gasteiger charge is 2.16. The van der Waals surface area contributed by atoms with Gasteiger partial charge in [-0.3, -0.25) is 4.79 Å². The highest BCUT2D eigenvalue weighted by Crippen LogP contribution is 2.28. The van der Waals surface area contributed by atoms with Gasteiger partial charge in [-0.2, -0.15) is 0 Å². The zero-order chi connectivity index (χ0) is 19.8. The van der Waals surface area contributed by atoms with Crippen LogP contribution in [0.1, 0.15) is 23.3 Å². The number of carbonyl (C=O) groups excluding carboxylic acids is 1. The fourth-order valence-electron chi connectivity index (χ4n) is 3.07. The molecule has 0 bridgehead atoms. The molecular weight excluding hydrogens is 354 g/mol. The monoisotopic (exact) mass is 379 g/mol. The van der Waals surface area contributed by atoms with E-state index in [1.807, 2.05) is 65.6 Å². The zero-order valence-corrected chi connectivity index (χ0v) is 16.3. The minimum Gasteiger partial charge on any atom is -0.493 e. The Morgan fingerprint density at radius 1 is 0.893 bits per heavy atom. The van der Waals surface area contributed by atoms with Crippen molar-refractivity contribution in [3.63, 3.8) is 0 Å². The summed E-state index contributed by atoms with van der Waals surface area (Å²) in [4.78, 5) is 14.8. The van der Waals surface area contributed by atoms with Crippen molar-refractivity contribution in [1.29, 1.82) is 0 Å². The first-order chi connectivity index (χ1) is 13.7. The van der Waals surface area contributed by atoms with E-state index < -0.39 is 0 Å². The molecule has 3 aromatic rings. The number of amides is 1. The maximum atomic E-state index is 13.0. The number of aryl methyl sites for hydroxylation is 1. The van der Waals surface area contributed by atoms with Crippen molar-refractivity contribution in [3.05, 3.63) is 83.8 Å². The zero-order valence-electron chi connectivity index (χ0n) is 16.3. The second-order valence-corrected chi connectivity index (χ2v) is 6.50. The second kappa shape index (κ2) is 9.65. The molecule has 0 spiro atoms. The number of carbonyl (C=O) groups is 1. The molecule has 2 aromatic carbocycles. The predicted octanol–water partition coefficient (Wildman–Crippen LogP) is 4.46. The number of hydrogen-bond acceptors (Lipinski definition) is 4. The second-order valence-electron chi connectivity index (χ2n) is 6.50. The van der Waals surface area contributed by atoms with E-state index in [0.29, 0.717) is 37.4 Å². The van der Waals surface area contributed by atoms with Crippen LogP contribution >= 0.6 is 0 Å². The van der Waals surface area contributed by atoms with Gasteiger partial charge in [0.1, 0.15) is 5.76 Å². The molecule has 0 N–H and O–H groups in total. The molecule has 5 heteroatoms. The molecule has 0 saturated heterocycles. The van der Waals surface area contributed by atoms with Crippen molar-refractivity contribution in [3.8, 4) is 11.5 Å². The predicted molar refractivity (Wildman–Crippen MR) is 107 cm³/mol. The third-order valence-corrected chi connectivity index (χ3v) is 4.57. The van der Waals surface area contributed by atoms with E-state index in [0.717, 1.165) is 16.9 Å². The van der Waals surface area contributed by atoms with Crippen LogP contribution in [0.4, 0.5) is 0 Å². The molecule has 0 unspecified atom stereocenters. The molecule has 0 saturated carbocycles. The van der Waals surface area contributed by atoms with E-state index >= 15 is 0 Å². The number of benzene rings is 2. The van der Waals surface area contributed by atoms with Gasteiger partial charge in [-0.1, -0.05) is 36.4 Å². The fraction of sp³-hybridized carbons (Fsp3) is 0.261. The van der Waals surface area contributed by atoms with E-state index in [1.54, 1.807) is 20.5 Å². The first-order valence-electron chi connectivity index (χ1n) is 9.24. The molecule has 5 nitrogen and oxygen atoms in total. The van der Waals surface area contributed by atoms with Gasteiger partial charge in [0.25, 0.3) is 0 Å². The normalized spacial score (nSPS) is 10.5. The van der Waals surface area contributed by atoms with Crippen LogP contribution in [0.3, 0.4) is 0 Å². The maximum absolute atomic E-state index is 13.0. The van der Waals surface area contributed by atoms with E-state index in [4.69, 9.17) is 13.9 Å². The Balaban J connectivity index is 1.68. The summed E-state index contributed by atoms with van der Waals surface area (Å²) in [6, 6.07) is 19.5. The van der Waals surface area contributed by atoms with Gasteiger partial charge < -0.3 is 18.8 Å². The molecule has 0 aliphatic heterocycles. The maximum Gasteiger partial charge on any atom is 0.223 e. The largest absolute Gasteiger partial charge is 0.493 e. The van der Waals surface area contributed by atoms with Crippen LogP contribution < -0.4 is 9.47 Å². The van der Waals surface area contributed by atoms with Crippen LogP contribution in [0, 0.1) is 0 Å². The van der Waals surface area contributed by atoms with Crippen LogP contribution in [0.15, 0.2) is 71.3 Å². The number of nitrogens with zero attached hydrogens (tertiary/aromatic N) is 1. The lowest BCUT2D eigenvalue weighted by Gasteiger charge is -2.22. The van der Waals surface area contributed by atoms with E-state index in [1.165, 1.54) is 0 Å². The molecular formula is C23H25NO4. The van der Waals surface area contributed by atoms with Gasteiger partial charge in [0.15, 0.2) is 11.5 Å². The van der Waals surface area contributed by atoms with Crippen molar-refractivity contribution >= 4 is 5.91 Å². The van der Waals surface area contributed by atoms with E-state index in [9.17, 15) is 4.79 Å². The van der Waals surface area contributed by atoms with Gasteiger partial charge in [0.05, 0.1) is 27.0 Å².